The number of benzene rings is 1. The second-order valence-corrected chi connectivity index (χ2v) is 7.05. The number of aromatic nitrogens is 2. The van der Waals surface area contributed by atoms with E-state index in [1.54, 1.807) is 10.7 Å². The number of halogens is 1. The van der Waals surface area contributed by atoms with Gasteiger partial charge in [-0.25, -0.2) is 4.39 Å². The van der Waals surface area contributed by atoms with E-state index >= 15 is 0 Å². The SMILES string of the molecule is Cn1cc2c(N3CC[C@@H](NC4(CF)CC4)C3)ccc(C(N)=O)c2n1. The van der Waals surface area contributed by atoms with Crippen molar-refractivity contribution in [2.24, 2.45) is 12.8 Å². The zero-order chi connectivity index (χ0) is 16.9. The molecule has 1 saturated carbocycles. The number of carbonyl (C=O) groups excluding carboxylic acids is 1. The summed E-state index contributed by atoms with van der Waals surface area (Å²) < 4.78 is 14.8. The van der Waals surface area contributed by atoms with Crippen molar-refractivity contribution in [3.8, 4) is 0 Å². The van der Waals surface area contributed by atoms with Crippen molar-refractivity contribution in [2.75, 3.05) is 24.7 Å². The summed E-state index contributed by atoms with van der Waals surface area (Å²) in [6.45, 7) is 1.45. The molecule has 1 aliphatic heterocycles. The van der Waals surface area contributed by atoms with Crippen molar-refractivity contribution in [3.63, 3.8) is 0 Å². The molecule has 128 valence electrons. The van der Waals surface area contributed by atoms with Gasteiger partial charge in [0.15, 0.2) is 0 Å². The summed E-state index contributed by atoms with van der Waals surface area (Å²) in [6.07, 6.45) is 4.77. The number of primary amides is 1. The van der Waals surface area contributed by atoms with Gasteiger partial charge in [0.2, 0.25) is 0 Å². The van der Waals surface area contributed by atoms with E-state index < -0.39 is 5.91 Å². The van der Waals surface area contributed by atoms with Gasteiger partial charge in [-0.15, -0.1) is 0 Å². The molecule has 3 N–H and O–H groups in total. The van der Waals surface area contributed by atoms with E-state index in [0.717, 1.165) is 43.4 Å². The van der Waals surface area contributed by atoms with Gasteiger partial charge in [-0.05, 0) is 31.4 Å². The van der Waals surface area contributed by atoms with Crippen LogP contribution in [0.15, 0.2) is 18.3 Å². The maximum absolute atomic E-state index is 13.1. The zero-order valence-electron chi connectivity index (χ0n) is 13.8. The number of anilines is 1. The zero-order valence-corrected chi connectivity index (χ0v) is 13.8. The minimum Gasteiger partial charge on any atom is -0.369 e. The van der Waals surface area contributed by atoms with Crippen LogP contribution < -0.4 is 16.0 Å². The van der Waals surface area contributed by atoms with E-state index in [2.05, 4.69) is 15.3 Å². The number of hydrogen-bond donors (Lipinski definition) is 2. The average molecular weight is 331 g/mol. The molecule has 1 aliphatic carbocycles. The fourth-order valence-corrected chi connectivity index (χ4v) is 3.68. The van der Waals surface area contributed by atoms with Crippen molar-refractivity contribution < 1.29 is 9.18 Å². The molecule has 0 bridgehead atoms. The molecule has 2 fully saturated rings. The van der Waals surface area contributed by atoms with Crippen molar-refractivity contribution in [1.29, 1.82) is 0 Å². The molecular formula is C17H22FN5O. The van der Waals surface area contributed by atoms with E-state index in [1.165, 1.54) is 0 Å². The van der Waals surface area contributed by atoms with Crippen LogP contribution in [0, 0.1) is 0 Å². The maximum atomic E-state index is 13.1. The Morgan fingerprint density at radius 1 is 1.50 bits per heavy atom. The number of hydrogen-bond acceptors (Lipinski definition) is 4. The lowest BCUT2D eigenvalue weighted by Gasteiger charge is -2.22. The Kier molecular flexibility index (Phi) is 3.49. The number of carbonyl (C=O) groups is 1. The number of nitrogens with zero attached hydrogens (tertiary/aromatic N) is 3. The predicted octanol–water partition coefficient (Wildman–Crippen LogP) is 1.34. The molecule has 1 aromatic heterocycles. The summed E-state index contributed by atoms with van der Waals surface area (Å²) >= 11 is 0. The van der Waals surface area contributed by atoms with Crippen LogP contribution in [0.25, 0.3) is 10.9 Å². The average Bonchev–Trinajstić information content (AvgIpc) is 2.98. The van der Waals surface area contributed by atoms with Crippen LogP contribution in [0.2, 0.25) is 0 Å². The summed E-state index contributed by atoms with van der Waals surface area (Å²) in [5.74, 6) is -0.468. The number of nitrogens with two attached hydrogens (primary N) is 1. The molecule has 1 aromatic carbocycles. The largest absolute Gasteiger partial charge is 0.369 e. The Bertz CT molecular complexity index is 798. The van der Waals surface area contributed by atoms with Crippen molar-refractivity contribution in [1.82, 2.24) is 15.1 Å². The topological polar surface area (TPSA) is 76.2 Å². The van der Waals surface area contributed by atoms with E-state index in [9.17, 15) is 9.18 Å². The molecule has 0 radical (unpaired) electrons. The van der Waals surface area contributed by atoms with Gasteiger partial charge >= 0.3 is 0 Å². The fourth-order valence-electron chi connectivity index (χ4n) is 3.68. The third kappa shape index (κ3) is 2.53. The summed E-state index contributed by atoms with van der Waals surface area (Å²) in [5.41, 5.74) is 7.33. The van der Waals surface area contributed by atoms with Gasteiger partial charge < -0.3 is 16.0 Å². The van der Waals surface area contributed by atoms with Gasteiger partial charge in [-0.1, -0.05) is 0 Å². The van der Waals surface area contributed by atoms with E-state index in [4.69, 9.17) is 5.73 Å². The highest BCUT2D eigenvalue weighted by atomic mass is 19.1. The Morgan fingerprint density at radius 2 is 2.29 bits per heavy atom. The van der Waals surface area contributed by atoms with Crippen LogP contribution >= 0.6 is 0 Å². The van der Waals surface area contributed by atoms with Crippen LogP contribution in [0.5, 0.6) is 0 Å². The number of fused-ring (bicyclic) bond motifs is 1. The van der Waals surface area contributed by atoms with Crippen LogP contribution in [0.1, 0.15) is 29.6 Å². The van der Waals surface area contributed by atoms with Crippen molar-refractivity contribution >= 4 is 22.5 Å². The highest BCUT2D eigenvalue weighted by Gasteiger charge is 2.45. The van der Waals surface area contributed by atoms with E-state index in [0.29, 0.717) is 17.1 Å². The number of aryl methyl sites for hydroxylation is 1. The first-order valence-corrected chi connectivity index (χ1v) is 8.36. The van der Waals surface area contributed by atoms with Crippen molar-refractivity contribution in [2.45, 2.75) is 30.8 Å². The lowest BCUT2D eigenvalue weighted by atomic mass is 10.1. The van der Waals surface area contributed by atoms with Crippen LogP contribution in [0.3, 0.4) is 0 Å². The summed E-state index contributed by atoms with van der Waals surface area (Å²) in [5, 5.41) is 8.81. The number of amides is 1. The van der Waals surface area contributed by atoms with E-state index in [-0.39, 0.29) is 12.2 Å². The number of nitrogens with one attached hydrogen (secondary N) is 1. The third-order valence-corrected chi connectivity index (χ3v) is 5.18. The van der Waals surface area contributed by atoms with Crippen molar-refractivity contribution in [3.05, 3.63) is 23.9 Å². The lowest BCUT2D eigenvalue weighted by Crippen LogP contribution is -2.43. The molecule has 0 spiro atoms. The van der Waals surface area contributed by atoms with Gasteiger partial charge in [0.1, 0.15) is 12.2 Å². The summed E-state index contributed by atoms with van der Waals surface area (Å²) in [4.78, 5) is 13.9. The van der Waals surface area contributed by atoms with Crippen LogP contribution in [-0.2, 0) is 7.05 Å². The molecule has 1 saturated heterocycles. The molecule has 2 heterocycles. The molecule has 2 aromatic rings. The second kappa shape index (κ2) is 5.44. The summed E-state index contributed by atoms with van der Waals surface area (Å²) in [7, 11) is 1.83. The van der Waals surface area contributed by atoms with Crippen LogP contribution in [0.4, 0.5) is 10.1 Å². The predicted molar refractivity (Wildman–Crippen MR) is 90.9 cm³/mol. The van der Waals surface area contributed by atoms with Crippen LogP contribution in [-0.4, -0.2) is 47.0 Å². The van der Waals surface area contributed by atoms with Gasteiger partial charge in [0, 0.05) is 49.0 Å². The first-order valence-electron chi connectivity index (χ1n) is 8.36. The highest BCUT2D eigenvalue weighted by molar-refractivity contribution is 6.08. The van der Waals surface area contributed by atoms with Gasteiger partial charge in [0.05, 0.1) is 5.56 Å². The first-order chi connectivity index (χ1) is 11.5. The highest BCUT2D eigenvalue weighted by Crippen LogP contribution is 2.38. The Labute approximate surface area is 139 Å². The minimum atomic E-state index is -0.468. The normalized spacial score (nSPS) is 22.2. The minimum absolute atomic E-state index is 0.264. The number of rotatable bonds is 5. The standard InChI is InChI=1S/C17H22FN5O/c1-22-9-13-14(3-2-12(16(19)24)15(13)21-22)23-7-4-11(8-23)20-17(10-18)5-6-17/h2-3,9,11,20H,4-8,10H2,1H3,(H2,19,24)/t11-/m1/s1. The quantitative estimate of drug-likeness (QED) is 0.867. The van der Waals surface area contributed by atoms with Gasteiger partial charge in [0.25, 0.3) is 5.91 Å². The fraction of sp³-hybridized carbons (Fsp3) is 0.529. The lowest BCUT2D eigenvalue weighted by molar-refractivity contribution is 0.100. The molecule has 6 nitrogen and oxygen atoms in total. The molecule has 4 rings (SSSR count). The molecule has 1 atom stereocenters. The van der Waals surface area contributed by atoms with Gasteiger partial charge in [-0.3, -0.25) is 9.48 Å². The van der Waals surface area contributed by atoms with E-state index in [1.807, 2.05) is 19.3 Å². The second-order valence-electron chi connectivity index (χ2n) is 7.05. The Hall–Kier alpha value is -2.15. The molecule has 7 heteroatoms. The molecular weight excluding hydrogens is 309 g/mol. The Balaban J connectivity index is 1.61. The first kappa shape index (κ1) is 15.4. The van der Waals surface area contributed by atoms with Gasteiger partial charge in [-0.2, -0.15) is 5.10 Å². The molecule has 2 aliphatic rings. The molecule has 24 heavy (non-hydrogen) atoms. The smallest absolute Gasteiger partial charge is 0.250 e. The number of alkyl halides is 1. The maximum Gasteiger partial charge on any atom is 0.250 e. The molecule has 1 amide bonds. The Morgan fingerprint density at radius 3 is 2.96 bits per heavy atom. The molecule has 0 unspecified atom stereocenters. The third-order valence-electron chi connectivity index (χ3n) is 5.18. The monoisotopic (exact) mass is 331 g/mol. The summed E-state index contributed by atoms with van der Waals surface area (Å²) in [6, 6.07) is 3.98.